The third kappa shape index (κ3) is 3.42. The summed E-state index contributed by atoms with van der Waals surface area (Å²) in [6.07, 6.45) is 6.43. The first kappa shape index (κ1) is 12.8. The number of nitrogens with zero attached hydrogens (tertiary/aromatic N) is 2. The van der Waals surface area contributed by atoms with E-state index >= 15 is 0 Å². The summed E-state index contributed by atoms with van der Waals surface area (Å²) in [5.41, 5.74) is 5.44. The van der Waals surface area contributed by atoms with Crippen LogP contribution in [0.25, 0.3) is 0 Å². The van der Waals surface area contributed by atoms with Gasteiger partial charge in [0.15, 0.2) is 0 Å². The highest BCUT2D eigenvalue weighted by atomic mass is 16.2. The first-order valence-electron chi connectivity index (χ1n) is 7.03. The molecule has 2 rings (SSSR count). The molecule has 2 fully saturated rings. The van der Waals surface area contributed by atoms with Crippen molar-refractivity contribution < 1.29 is 4.79 Å². The summed E-state index contributed by atoms with van der Waals surface area (Å²) in [5.74, 6) is 0.333. The molecule has 98 valence electrons. The molecule has 2 aliphatic heterocycles. The topological polar surface area (TPSA) is 49.6 Å². The Kier molecular flexibility index (Phi) is 4.80. The number of unbranched alkanes of at least 4 members (excludes halogenated alkanes) is 1. The smallest absolute Gasteiger partial charge is 0.222 e. The van der Waals surface area contributed by atoms with Gasteiger partial charge in [0.25, 0.3) is 0 Å². The second-order valence-corrected chi connectivity index (χ2v) is 5.27. The van der Waals surface area contributed by atoms with Crippen molar-refractivity contribution in [3.63, 3.8) is 0 Å². The van der Waals surface area contributed by atoms with Gasteiger partial charge in [-0.15, -0.1) is 0 Å². The van der Waals surface area contributed by atoms with Crippen LogP contribution in [0.1, 0.15) is 38.5 Å². The first-order valence-corrected chi connectivity index (χ1v) is 7.03. The molecule has 2 heterocycles. The molecule has 2 saturated heterocycles. The summed E-state index contributed by atoms with van der Waals surface area (Å²) in [6, 6.07) is 0.635. The third-order valence-electron chi connectivity index (χ3n) is 4.02. The van der Waals surface area contributed by atoms with Gasteiger partial charge in [-0.25, -0.2) is 0 Å². The van der Waals surface area contributed by atoms with Gasteiger partial charge in [-0.1, -0.05) is 0 Å². The van der Waals surface area contributed by atoms with Crippen LogP contribution < -0.4 is 5.73 Å². The summed E-state index contributed by atoms with van der Waals surface area (Å²) in [6.45, 7) is 5.09. The number of carbonyl (C=O) groups is 1. The van der Waals surface area contributed by atoms with E-state index in [0.29, 0.717) is 24.9 Å². The molecule has 0 radical (unpaired) electrons. The van der Waals surface area contributed by atoms with Crippen LogP contribution in [0.4, 0.5) is 0 Å². The van der Waals surface area contributed by atoms with Crippen LogP contribution in [0.5, 0.6) is 0 Å². The molecule has 0 aromatic carbocycles. The maximum atomic E-state index is 11.9. The fourth-order valence-corrected chi connectivity index (χ4v) is 2.95. The van der Waals surface area contributed by atoms with E-state index in [1.807, 2.05) is 0 Å². The highest BCUT2D eigenvalue weighted by molar-refractivity contribution is 5.76. The Morgan fingerprint density at radius 1 is 1.18 bits per heavy atom. The van der Waals surface area contributed by atoms with Gasteiger partial charge in [0.05, 0.1) is 0 Å². The van der Waals surface area contributed by atoms with E-state index in [-0.39, 0.29) is 0 Å². The zero-order valence-electron chi connectivity index (χ0n) is 10.7. The van der Waals surface area contributed by atoms with Crippen LogP contribution in [0.2, 0.25) is 0 Å². The zero-order chi connectivity index (χ0) is 12.1. The first-order chi connectivity index (χ1) is 8.31. The maximum absolute atomic E-state index is 11.9. The highest BCUT2D eigenvalue weighted by Gasteiger charge is 2.30. The Hall–Kier alpha value is -0.610. The maximum Gasteiger partial charge on any atom is 0.222 e. The largest absolute Gasteiger partial charge is 0.341 e. The SMILES string of the molecule is NCCCCC(=O)N1CCC(N2CCCC2)C1. The molecule has 1 atom stereocenters. The number of likely N-dealkylation sites (tertiary alicyclic amines) is 2. The summed E-state index contributed by atoms with van der Waals surface area (Å²) in [7, 11) is 0. The number of nitrogens with two attached hydrogens (primary N) is 1. The monoisotopic (exact) mass is 239 g/mol. The zero-order valence-corrected chi connectivity index (χ0v) is 10.7. The second-order valence-electron chi connectivity index (χ2n) is 5.27. The number of rotatable bonds is 5. The lowest BCUT2D eigenvalue weighted by Gasteiger charge is -2.23. The van der Waals surface area contributed by atoms with Gasteiger partial charge >= 0.3 is 0 Å². The van der Waals surface area contributed by atoms with E-state index in [9.17, 15) is 4.79 Å². The Labute approximate surface area is 104 Å². The average Bonchev–Trinajstić information content (AvgIpc) is 3.00. The van der Waals surface area contributed by atoms with E-state index < -0.39 is 0 Å². The molecule has 1 amide bonds. The van der Waals surface area contributed by atoms with Crippen LogP contribution in [0.15, 0.2) is 0 Å². The predicted molar refractivity (Wildman–Crippen MR) is 68.7 cm³/mol. The molecule has 2 N–H and O–H groups in total. The molecule has 4 heteroatoms. The lowest BCUT2D eigenvalue weighted by molar-refractivity contribution is -0.130. The molecule has 0 aliphatic carbocycles. The van der Waals surface area contributed by atoms with Gasteiger partial charge in [-0.2, -0.15) is 0 Å². The summed E-state index contributed by atoms with van der Waals surface area (Å²) >= 11 is 0. The summed E-state index contributed by atoms with van der Waals surface area (Å²) < 4.78 is 0. The highest BCUT2D eigenvalue weighted by Crippen LogP contribution is 2.21. The van der Waals surface area contributed by atoms with Crippen molar-refractivity contribution in [1.29, 1.82) is 0 Å². The lowest BCUT2D eigenvalue weighted by atomic mass is 10.2. The van der Waals surface area contributed by atoms with E-state index in [1.165, 1.54) is 32.4 Å². The molecule has 0 bridgehead atoms. The molecule has 2 aliphatic rings. The third-order valence-corrected chi connectivity index (χ3v) is 4.02. The van der Waals surface area contributed by atoms with Gasteiger partial charge in [0.1, 0.15) is 0 Å². The fourth-order valence-electron chi connectivity index (χ4n) is 2.95. The second kappa shape index (κ2) is 6.36. The van der Waals surface area contributed by atoms with Crippen LogP contribution in [-0.2, 0) is 4.79 Å². The van der Waals surface area contributed by atoms with Crippen molar-refractivity contribution in [3.05, 3.63) is 0 Å². The Balaban J connectivity index is 1.71. The van der Waals surface area contributed by atoms with Crippen molar-refractivity contribution >= 4 is 5.91 Å². The van der Waals surface area contributed by atoms with Crippen molar-refractivity contribution in [2.24, 2.45) is 5.73 Å². The Morgan fingerprint density at radius 3 is 2.65 bits per heavy atom. The molecular weight excluding hydrogens is 214 g/mol. The van der Waals surface area contributed by atoms with Gasteiger partial charge < -0.3 is 10.6 Å². The van der Waals surface area contributed by atoms with Crippen molar-refractivity contribution in [2.45, 2.75) is 44.6 Å². The molecule has 0 spiro atoms. The molecular formula is C13H25N3O. The van der Waals surface area contributed by atoms with Gasteiger partial charge in [0, 0.05) is 25.6 Å². The predicted octanol–water partition coefficient (Wildman–Crippen LogP) is 0.812. The van der Waals surface area contributed by atoms with Crippen LogP contribution in [-0.4, -0.2) is 54.5 Å². The minimum absolute atomic E-state index is 0.333. The van der Waals surface area contributed by atoms with Crippen molar-refractivity contribution in [3.8, 4) is 0 Å². The number of amides is 1. The molecule has 17 heavy (non-hydrogen) atoms. The van der Waals surface area contributed by atoms with Crippen molar-refractivity contribution in [2.75, 3.05) is 32.7 Å². The quantitative estimate of drug-likeness (QED) is 0.722. The number of hydrogen-bond acceptors (Lipinski definition) is 3. The van der Waals surface area contributed by atoms with E-state index in [4.69, 9.17) is 5.73 Å². The van der Waals surface area contributed by atoms with Crippen LogP contribution in [0.3, 0.4) is 0 Å². The minimum atomic E-state index is 0.333. The van der Waals surface area contributed by atoms with Crippen molar-refractivity contribution in [1.82, 2.24) is 9.80 Å². The molecule has 0 saturated carbocycles. The average molecular weight is 239 g/mol. The van der Waals surface area contributed by atoms with E-state index in [2.05, 4.69) is 9.80 Å². The van der Waals surface area contributed by atoms with Gasteiger partial charge in [-0.05, 0) is 51.7 Å². The normalized spacial score (nSPS) is 25.7. The number of hydrogen-bond donors (Lipinski definition) is 1. The van der Waals surface area contributed by atoms with Gasteiger partial charge in [-0.3, -0.25) is 9.69 Å². The lowest BCUT2D eigenvalue weighted by Crippen LogP contribution is -2.37. The molecule has 0 aromatic rings. The Morgan fingerprint density at radius 2 is 1.94 bits per heavy atom. The number of carbonyl (C=O) groups excluding carboxylic acids is 1. The summed E-state index contributed by atoms with van der Waals surface area (Å²) in [4.78, 5) is 16.6. The van der Waals surface area contributed by atoms with E-state index in [0.717, 1.165) is 25.9 Å². The molecule has 4 nitrogen and oxygen atoms in total. The van der Waals surface area contributed by atoms with Crippen LogP contribution >= 0.6 is 0 Å². The standard InChI is InChI=1S/C13H25N3O/c14-7-2-1-5-13(17)16-10-6-12(11-16)15-8-3-4-9-15/h12H,1-11,14H2. The Bertz CT molecular complexity index is 251. The minimum Gasteiger partial charge on any atom is -0.341 e. The molecule has 0 aromatic heterocycles. The fraction of sp³-hybridized carbons (Fsp3) is 0.923. The van der Waals surface area contributed by atoms with Crippen LogP contribution in [0, 0.1) is 0 Å². The molecule has 1 unspecified atom stereocenters. The summed E-state index contributed by atoms with van der Waals surface area (Å²) in [5, 5.41) is 0. The van der Waals surface area contributed by atoms with E-state index in [1.54, 1.807) is 0 Å². The van der Waals surface area contributed by atoms with Gasteiger partial charge in [0.2, 0.25) is 5.91 Å².